The lowest BCUT2D eigenvalue weighted by molar-refractivity contribution is -0.138. The van der Waals surface area contributed by atoms with Gasteiger partial charge in [-0.05, 0) is 25.5 Å². The van der Waals surface area contributed by atoms with Crippen LogP contribution in [0.15, 0.2) is 24.4 Å². The Morgan fingerprint density at radius 2 is 2.08 bits per heavy atom. The number of nitrogens with zero attached hydrogens (tertiary/aromatic N) is 2. The van der Waals surface area contributed by atoms with E-state index >= 15 is 0 Å². The second kappa shape index (κ2) is 7.34. The van der Waals surface area contributed by atoms with Crippen molar-refractivity contribution in [1.29, 1.82) is 0 Å². The number of anilines is 1. The van der Waals surface area contributed by atoms with Gasteiger partial charge in [-0.15, -0.1) is 0 Å². The zero-order valence-corrected chi connectivity index (χ0v) is 14.4. The average Bonchev–Trinajstić information content (AvgIpc) is 2.87. The van der Waals surface area contributed by atoms with Gasteiger partial charge in [0.15, 0.2) is 0 Å². The van der Waals surface area contributed by atoms with Crippen molar-refractivity contribution in [3.63, 3.8) is 0 Å². The molecule has 2 aromatic rings. The number of hydrogen-bond donors (Lipinski definition) is 1. The molecule has 0 aliphatic heterocycles. The molecule has 132 valence electrons. The molecular weight excluding hydrogens is 343 g/mol. The zero-order valence-electron chi connectivity index (χ0n) is 13.6. The van der Waals surface area contributed by atoms with Gasteiger partial charge in [-0.1, -0.05) is 18.5 Å². The van der Waals surface area contributed by atoms with Crippen LogP contribution in [0.3, 0.4) is 0 Å². The van der Waals surface area contributed by atoms with E-state index < -0.39 is 12.2 Å². The molecule has 24 heavy (non-hydrogen) atoms. The molecule has 0 aliphatic rings. The summed E-state index contributed by atoms with van der Waals surface area (Å²) in [6, 6.07) is 3.11. The number of hydrogen-bond acceptors (Lipinski definition) is 3. The number of aromatic nitrogens is 2. The van der Waals surface area contributed by atoms with Gasteiger partial charge in [0.1, 0.15) is 11.8 Å². The van der Waals surface area contributed by atoms with E-state index in [0.717, 1.165) is 13.3 Å². The summed E-state index contributed by atoms with van der Waals surface area (Å²) in [6.45, 7) is 3.76. The smallest absolute Gasteiger partial charge is 0.408 e. The fourth-order valence-electron chi connectivity index (χ4n) is 2.32. The monoisotopic (exact) mass is 361 g/mol. The van der Waals surface area contributed by atoms with Crippen molar-refractivity contribution in [2.45, 2.75) is 39.0 Å². The first-order chi connectivity index (χ1) is 11.3. The van der Waals surface area contributed by atoms with E-state index in [1.54, 1.807) is 23.0 Å². The molecule has 0 spiro atoms. The van der Waals surface area contributed by atoms with Crippen LogP contribution in [0.4, 0.5) is 18.9 Å². The van der Waals surface area contributed by atoms with E-state index in [-0.39, 0.29) is 0 Å². The maximum atomic E-state index is 12.7. The van der Waals surface area contributed by atoms with E-state index in [2.05, 4.69) is 10.4 Å². The van der Waals surface area contributed by atoms with Crippen molar-refractivity contribution in [1.82, 2.24) is 9.78 Å². The first-order valence-corrected chi connectivity index (χ1v) is 7.88. The first kappa shape index (κ1) is 18.4. The molecule has 0 bridgehead atoms. The third-order valence-corrected chi connectivity index (χ3v) is 3.84. The van der Waals surface area contributed by atoms with Gasteiger partial charge in [0, 0.05) is 23.9 Å². The Bertz CT molecular complexity index is 700. The lowest BCUT2D eigenvalue weighted by Crippen LogP contribution is -2.33. The van der Waals surface area contributed by atoms with Gasteiger partial charge in [0.2, 0.25) is 0 Å². The molecule has 2 rings (SSSR count). The van der Waals surface area contributed by atoms with Crippen LogP contribution < -0.4 is 10.1 Å². The highest BCUT2D eigenvalue weighted by molar-refractivity contribution is 6.33. The SMILES string of the molecule is CCCn1ncc(Cl)c1-c1ccc(N[C@H](C)C(F)(F)F)cc1OC. The van der Waals surface area contributed by atoms with Crippen LogP contribution >= 0.6 is 11.6 Å². The largest absolute Gasteiger partial charge is 0.496 e. The molecule has 0 unspecified atom stereocenters. The predicted octanol–water partition coefficient (Wildman–Crippen LogP) is 4.98. The highest BCUT2D eigenvalue weighted by Gasteiger charge is 2.36. The van der Waals surface area contributed by atoms with Gasteiger partial charge < -0.3 is 10.1 Å². The molecule has 0 aliphatic carbocycles. The standard InChI is InChI=1S/C16H19ClF3N3O/c1-4-7-23-15(13(17)9-21-23)12-6-5-11(8-14(12)24-3)22-10(2)16(18,19)20/h5-6,8-10,22H,4,7H2,1-3H3/t10-/m1/s1. The summed E-state index contributed by atoms with van der Waals surface area (Å²) in [4.78, 5) is 0. The van der Waals surface area contributed by atoms with Crippen molar-refractivity contribution in [2.24, 2.45) is 0 Å². The fraction of sp³-hybridized carbons (Fsp3) is 0.438. The molecule has 0 saturated carbocycles. The Balaban J connectivity index is 2.39. The number of aryl methyl sites for hydroxylation is 1. The van der Waals surface area contributed by atoms with Gasteiger partial charge in [-0.3, -0.25) is 4.68 Å². The summed E-state index contributed by atoms with van der Waals surface area (Å²) >= 11 is 6.22. The highest BCUT2D eigenvalue weighted by atomic mass is 35.5. The normalized spacial score (nSPS) is 13.0. The lowest BCUT2D eigenvalue weighted by Gasteiger charge is -2.19. The van der Waals surface area contributed by atoms with Crippen LogP contribution in [-0.4, -0.2) is 29.1 Å². The second-order valence-corrected chi connectivity index (χ2v) is 5.79. The van der Waals surface area contributed by atoms with Gasteiger partial charge in [-0.2, -0.15) is 18.3 Å². The number of methoxy groups -OCH3 is 1. The third-order valence-electron chi connectivity index (χ3n) is 3.56. The van der Waals surface area contributed by atoms with E-state index in [1.807, 2.05) is 6.92 Å². The number of nitrogens with one attached hydrogen (secondary N) is 1. The molecule has 0 radical (unpaired) electrons. The van der Waals surface area contributed by atoms with Gasteiger partial charge in [-0.25, -0.2) is 0 Å². The number of ether oxygens (including phenoxy) is 1. The Kier molecular flexibility index (Phi) is 5.64. The Labute approximate surface area is 143 Å². The zero-order chi connectivity index (χ0) is 17.9. The highest BCUT2D eigenvalue weighted by Crippen LogP contribution is 2.37. The van der Waals surface area contributed by atoms with Crippen LogP contribution in [0, 0.1) is 0 Å². The molecule has 0 fully saturated rings. The summed E-state index contributed by atoms with van der Waals surface area (Å²) in [5.41, 5.74) is 1.68. The van der Waals surface area contributed by atoms with Crippen molar-refractivity contribution in [3.05, 3.63) is 29.4 Å². The minimum Gasteiger partial charge on any atom is -0.496 e. The summed E-state index contributed by atoms with van der Waals surface area (Å²) in [5.74, 6) is 0.425. The summed E-state index contributed by atoms with van der Waals surface area (Å²) in [5, 5.41) is 7.11. The molecule has 1 atom stereocenters. The van der Waals surface area contributed by atoms with Gasteiger partial charge in [0.05, 0.1) is 24.0 Å². The number of rotatable bonds is 6. The Morgan fingerprint density at radius 3 is 2.67 bits per heavy atom. The lowest BCUT2D eigenvalue weighted by atomic mass is 10.1. The van der Waals surface area contributed by atoms with Crippen LogP contribution in [-0.2, 0) is 6.54 Å². The molecule has 1 heterocycles. The van der Waals surface area contributed by atoms with Crippen LogP contribution in [0.2, 0.25) is 5.02 Å². The van der Waals surface area contributed by atoms with Gasteiger partial charge >= 0.3 is 6.18 Å². The maximum Gasteiger partial charge on any atom is 0.408 e. The van der Waals surface area contributed by atoms with E-state index in [1.165, 1.54) is 13.2 Å². The molecule has 1 N–H and O–H groups in total. The van der Waals surface area contributed by atoms with Crippen molar-refractivity contribution < 1.29 is 17.9 Å². The van der Waals surface area contributed by atoms with Crippen LogP contribution in [0.1, 0.15) is 20.3 Å². The minimum absolute atomic E-state index is 0.318. The summed E-state index contributed by atoms with van der Waals surface area (Å²) < 4.78 is 45.2. The molecular formula is C16H19ClF3N3O. The molecule has 1 aromatic heterocycles. The minimum atomic E-state index is -4.32. The predicted molar refractivity (Wildman–Crippen MR) is 88.7 cm³/mol. The first-order valence-electron chi connectivity index (χ1n) is 7.50. The van der Waals surface area contributed by atoms with E-state index in [9.17, 15) is 13.2 Å². The molecule has 8 heteroatoms. The average molecular weight is 362 g/mol. The van der Waals surface area contributed by atoms with E-state index in [4.69, 9.17) is 16.3 Å². The summed E-state index contributed by atoms with van der Waals surface area (Å²) in [7, 11) is 1.46. The fourth-order valence-corrected chi connectivity index (χ4v) is 2.56. The van der Waals surface area contributed by atoms with Gasteiger partial charge in [0.25, 0.3) is 0 Å². The second-order valence-electron chi connectivity index (χ2n) is 5.39. The quantitative estimate of drug-likeness (QED) is 0.788. The number of halogens is 4. The summed E-state index contributed by atoms with van der Waals surface area (Å²) in [6.07, 6.45) is -1.91. The Morgan fingerprint density at radius 1 is 1.38 bits per heavy atom. The Hall–Kier alpha value is -1.89. The van der Waals surface area contributed by atoms with Crippen LogP contribution in [0.25, 0.3) is 11.3 Å². The molecule has 0 saturated heterocycles. The van der Waals surface area contributed by atoms with Crippen molar-refractivity contribution >= 4 is 17.3 Å². The maximum absolute atomic E-state index is 12.7. The molecule has 1 aromatic carbocycles. The molecule has 4 nitrogen and oxygen atoms in total. The third kappa shape index (κ3) is 3.95. The van der Waals surface area contributed by atoms with Crippen molar-refractivity contribution in [2.75, 3.05) is 12.4 Å². The molecule has 0 amide bonds. The topological polar surface area (TPSA) is 39.1 Å². The van der Waals surface area contributed by atoms with Crippen LogP contribution in [0.5, 0.6) is 5.75 Å². The van der Waals surface area contributed by atoms with E-state index in [0.29, 0.717) is 34.3 Å². The van der Waals surface area contributed by atoms with Crippen molar-refractivity contribution in [3.8, 4) is 17.0 Å². The number of alkyl halides is 3. The number of benzene rings is 1.